The second-order valence-corrected chi connectivity index (χ2v) is 7.01. The molecule has 0 N–H and O–H groups in total. The standard InChI is InChI=1S/C22H22F4N2O/c1-15(5-3-4-6-16-7-10-18(23)11-8-16)21(29)28(2)19-12-9-17(14-27)20(13-19)22(24,25)26/h7-13,15H,3-6H2,1-2H3. The van der Waals surface area contributed by atoms with Gasteiger partial charge in [0.05, 0.1) is 17.2 Å². The molecule has 0 aliphatic rings. The van der Waals surface area contributed by atoms with Crippen LogP contribution >= 0.6 is 0 Å². The third-order valence-electron chi connectivity index (χ3n) is 4.83. The molecular weight excluding hydrogens is 384 g/mol. The van der Waals surface area contributed by atoms with E-state index in [4.69, 9.17) is 5.26 Å². The van der Waals surface area contributed by atoms with Crippen molar-refractivity contribution in [3.05, 3.63) is 65.0 Å². The van der Waals surface area contributed by atoms with E-state index in [1.807, 2.05) is 0 Å². The highest BCUT2D eigenvalue weighted by Gasteiger charge is 2.34. The zero-order chi connectivity index (χ0) is 21.6. The van der Waals surface area contributed by atoms with Gasteiger partial charge in [-0.1, -0.05) is 25.5 Å². The lowest BCUT2D eigenvalue weighted by atomic mass is 9.99. The van der Waals surface area contributed by atoms with E-state index in [2.05, 4.69) is 0 Å². The van der Waals surface area contributed by atoms with E-state index < -0.39 is 17.3 Å². The van der Waals surface area contributed by atoms with Crippen LogP contribution in [0.4, 0.5) is 23.2 Å². The predicted octanol–water partition coefficient (Wildman–Crippen LogP) is 5.73. The Balaban J connectivity index is 1.95. The summed E-state index contributed by atoms with van der Waals surface area (Å²) >= 11 is 0. The summed E-state index contributed by atoms with van der Waals surface area (Å²) in [6.07, 6.45) is -1.73. The van der Waals surface area contributed by atoms with Gasteiger partial charge in [0, 0.05) is 18.7 Å². The number of amides is 1. The van der Waals surface area contributed by atoms with E-state index in [1.165, 1.54) is 36.2 Å². The summed E-state index contributed by atoms with van der Waals surface area (Å²) < 4.78 is 52.3. The number of halogens is 4. The number of carbonyl (C=O) groups is 1. The van der Waals surface area contributed by atoms with Gasteiger partial charge >= 0.3 is 6.18 Å². The number of aryl methyl sites for hydroxylation is 1. The van der Waals surface area contributed by atoms with Crippen molar-refractivity contribution in [3.8, 4) is 6.07 Å². The van der Waals surface area contributed by atoms with Gasteiger partial charge < -0.3 is 4.90 Å². The Bertz CT molecular complexity index is 885. The average molecular weight is 406 g/mol. The second-order valence-electron chi connectivity index (χ2n) is 7.01. The summed E-state index contributed by atoms with van der Waals surface area (Å²) in [6, 6.07) is 11.0. The molecule has 0 aromatic heterocycles. The quantitative estimate of drug-likeness (QED) is 0.435. The van der Waals surface area contributed by atoms with Crippen molar-refractivity contribution in [3.63, 3.8) is 0 Å². The van der Waals surface area contributed by atoms with E-state index in [0.717, 1.165) is 37.0 Å². The van der Waals surface area contributed by atoms with Gasteiger partial charge in [-0.25, -0.2) is 4.39 Å². The van der Waals surface area contributed by atoms with Crippen LogP contribution < -0.4 is 4.90 Å². The smallest absolute Gasteiger partial charge is 0.315 e. The van der Waals surface area contributed by atoms with E-state index in [9.17, 15) is 22.4 Å². The molecule has 0 saturated heterocycles. The fourth-order valence-corrected chi connectivity index (χ4v) is 3.08. The van der Waals surface area contributed by atoms with Gasteiger partial charge in [0.25, 0.3) is 0 Å². The summed E-state index contributed by atoms with van der Waals surface area (Å²) in [6.45, 7) is 1.74. The fourth-order valence-electron chi connectivity index (χ4n) is 3.08. The number of rotatable bonds is 7. The molecule has 0 spiro atoms. The molecule has 29 heavy (non-hydrogen) atoms. The molecule has 0 radical (unpaired) electrons. The Hall–Kier alpha value is -2.88. The topological polar surface area (TPSA) is 44.1 Å². The lowest BCUT2D eigenvalue weighted by molar-refractivity contribution is -0.137. The predicted molar refractivity (Wildman–Crippen MR) is 103 cm³/mol. The van der Waals surface area contributed by atoms with Gasteiger partial charge in [-0.15, -0.1) is 0 Å². The Labute approximate surface area is 167 Å². The molecular formula is C22H22F4N2O. The largest absolute Gasteiger partial charge is 0.417 e. The average Bonchev–Trinajstić information content (AvgIpc) is 2.70. The van der Waals surface area contributed by atoms with Crippen molar-refractivity contribution in [1.82, 2.24) is 0 Å². The molecule has 0 aliphatic carbocycles. The molecule has 0 saturated carbocycles. The van der Waals surface area contributed by atoms with E-state index in [-0.39, 0.29) is 23.3 Å². The monoisotopic (exact) mass is 406 g/mol. The SMILES string of the molecule is CC(CCCCc1ccc(F)cc1)C(=O)N(C)c1ccc(C#N)c(C(F)(F)F)c1. The summed E-state index contributed by atoms with van der Waals surface area (Å²) in [4.78, 5) is 13.8. The molecule has 2 rings (SSSR count). The van der Waals surface area contributed by atoms with Crippen molar-refractivity contribution >= 4 is 11.6 Å². The molecule has 0 bridgehead atoms. The number of carbonyl (C=O) groups excluding carboxylic acids is 1. The maximum Gasteiger partial charge on any atom is 0.417 e. The first-order chi connectivity index (χ1) is 13.6. The molecule has 1 unspecified atom stereocenters. The zero-order valence-corrected chi connectivity index (χ0v) is 16.3. The van der Waals surface area contributed by atoms with Crippen LogP contribution in [-0.2, 0) is 17.4 Å². The third-order valence-corrected chi connectivity index (χ3v) is 4.83. The van der Waals surface area contributed by atoms with Gasteiger partial charge in [0.2, 0.25) is 5.91 Å². The summed E-state index contributed by atoms with van der Waals surface area (Å²) in [7, 11) is 1.43. The van der Waals surface area contributed by atoms with Gasteiger partial charge in [-0.05, 0) is 55.2 Å². The van der Waals surface area contributed by atoms with E-state index in [0.29, 0.717) is 6.42 Å². The maximum absolute atomic E-state index is 13.1. The van der Waals surface area contributed by atoms with Crippen LogP contribution in [0.3, 0.4) is 0 Å². The van der Waals surface area contributed by atoms with Crippen molar-refractivity contribution in [2.24, 2.45) is 5.92 Å². The Morgan fingerprint density at radius 3 is 2.38 bits per heavy atom. The molecule has 0 aliphatic heterocycles. The van der Waals surface area contributed by atoms with E-state index in [1.54, 1.807) is 19.1 Å². The maximum atomic E-state index is 13.1. The summed E-state index contributed by atoms with van der Waals surface area (Å²) in [5, 5.41) is 8.88. The first-order valence-corrected chi connectivity index (χ1v) is 9.27. The van der Waals surface area contributed by atoms with Gasteiger partial charge in [0.15, 0.2) is 0 Å². The van der Waals surface area contributed by atoms with Gasteiger partial charge in [-0.3, -0.25) is 4.79 Å². The molecule has 1 amide bonds. The van der Waals surface area contributed by atoms with Crippen LogP contribution in [-0.4, -0.2) is 13.0 Å². The molecule has 2 aromatic carbocycles. The molecule has 2 aromatic rings. The van der Waals surface area contributed by atoms with Crippen molar-refractivity contribution in [1.29, 1.82) is 5.26 Å². The molecule has 7 heteroatoms. The molecule has 154 valence electrons. The lowest BCUT2D eigenvalue weighted by Gasteiger charge is -2.23. The highest BCUT2D eigenvalue weighted by molar-refractivity contribution is 5.94. The summed E-state index contributed by atoms with van der Waals surface area (Å²) in [5.41, 5.74) is -0.417. The third kappa shape index (κ3) is 6.05. The van der Waals surface area contributed by atoms with Gasteiger partial charge in [0.1, 0.15) is 5.82 Å². The molecule has 0 heterocycles. The highest BCUT2D eigenvalue weighted by atomic mass is 19.4. The lowest BCUT2D eigenvalue weighted by Crippen LogP contribution is -2.31. The van der Waals surface area contributed by atoms with Crippen LogP contribution in [0.2, 0.25) is 0 Å². The van der Waals surface area contributed by atoms with Crippen LogP contribution in [0.1, 0.15) is 42.9 Å². The number of alkyl halides is 3. The second kappa shape index (κ2) is 9.55. The van der Waals surface area contributed by atoms with Crippen LogP contribution in [0.15, 0.2) is 42.5 Å². The number of hydrogen-bond acceptors (Lipinski definition) is 2. The van der Waals surface area contributed by atoms with E-state index >= 15 is 0 Å². The summed E-state index contributed by atoms with van der Waals surface area (Å²) in [5.74, 6) is -0.935. The van der Waals surface area contributed by atoms with Gasteiger partial charge in [-0.2, -0.15) is 18.4 Å². The Kier molecular flexibility index (Phi) is 7.38. The number of unbranched alkanes of at least 4 members (excludes halogenated alkanes) is 1. The number of nitrogens with zero attached hydrogens (tertiary/aromatic N) is 2. The minimum atomic E-state index is -4.67. The molecule has 1 atom stereocenters. The van der Waals surface area contributed by atoms with Crippen LogP contribution in [0, 0.1) is 23.1 Å². The number of nitriles is 1. The number of benzene rings is 2. The van der Waals surface area contributed by atoms with Crippen molar-refractivity contribution < 1.29 is 22.4 Å². The van der Waals surface area contributed by atoms with Crippen LogP contribution in [0.25, 0.3) is 0 Å². The normalized spacial score (nSPS) is 12.3. The zero-order valence-electron chi connectivity index (χ0n) is 16.3. The van der Waals surface area contributed by atoms with Crippen molar-refractivity contribution in [2.75, 3.05) is 11.9 Å². The number of anilines is 1. The molecule has 0 fully saturated rings. The molecule has 3 nitrogen and oxygen atoms in total. The minimum Gasteiger partial charge on any atom is -0.315 e. The first-order valence-electron chi connectivity index (χ1n) is 9.27. The fraction of sp³-hybridized carbons (Fsp3) is 0.364. The Morgan fingerprint density at radius 2 is 1.79 bits per heavy atom. The first kappa shape index (κ1) is 22.4. The number of hydrogen-bond donors (Lipinski definition) is 0. The minimum absolute atomic E-state index is 0.0967. The Morgan fingerprint density at radius 1 is 1.14 bits per heavy atom. The van der Waals surface area contributed by atoms with Crippen molar-refractivity contribution in [2.45, 2.75) is 38.8 Å². The van der Waals surface area contributed by atoms with Crippen LogP contribution in [0.5, 0.6) is 0 Å². The highest BCUT2D eigenvalue weighted by Crippen LogP contribution is 2.34.